The van der Waals surface area contributed by atoms with E-state index in [4.69, 9.17) is 14.1 Å². The van der Waals surface area contributed by atoms with Gasteiger partial charge in [0, 0.05) is 123 Å². The second-order valence-corrected chi connectivity index (χ2v) is 30.0. The minimum atomic E-state index is -2.36. The summed E-state index contributed by atoms with van der Waals surface area (Å²) in [7, 11) is 0. The molecule has 117 heavy (non-hydrogen) atoms. The van der Waals surface area contributed by atoms with Gasteiger partial charge in [0.05, 0.1) is 0 Å². The van der Waals surface area contributed by atoms with Crippen molar-refractivity contribution in [2.75, 3.05) is 0 Å². The smallest absolute Gasteiger partial charge is 0.188 e. The summed E-state index contributed by atoms with van der Waals surface area (Å²) in [5.74, 6) is 1.67. The molecule has 0 fully saturated rings. The van der Waals surface area contributed by atoms with E-state index in [1.807, 2.05) is 47.3 Å². The van der Waals surface area contributed by atoms with E-state index in [0.29, 0.717) is 5.52 Å². The van der Waals surface area contributed by atoms with E-state index in [2.05, 4.69) is 390 Å². The number of aromatic nitrogens is 8. The molecule has 15 aromatic carbocycles. The molecule has 0 aliphatic heterocycles. The van der Waals surface area contributed by atoms with Crippen molar-refractivity contribution in [2.24, 2.45) is 6.98 Å². The first-order valence-electron chi connectivity index (χ1n) is 40.5. The van der Waals surface area contributed by atoms with Gasteiger partial charge in [0.2, 0.25) is 0 Å². The molecule has 10 heteroatoms. The first-order chi connectivity index (χ1) is 58.0. The standard InChI is InChI=1S/C56H37N4.C51H35N4.2Pt/c1-38-16-5-6-21-44(38)39-32-33-57-55(34-39)60-51-27-12-9-24-47(51)48-31-30-41(36-54(48)60)56(49-25-10-7-22-45(49)46-23-8-11-26-50(46)56)40-17-15-20-43(35-40)59-37-58(42-18-3-2-4-19-42)52-28-13-14-29-53(52)59;1-34-14-3-4-17-39(34)35-28-29-52-50(30-35)55-46-23-10-7-20-42(46)43-27-26-37(32-49(43)55)51(44-21-8-5-18-40(44)41-19-6-9-22-45(41)51)36-15-13-16-38(31-36)54-33-53(2)47-24-11-12-25-48(47)54;;/h2-34,37H,1H3;3-30,33H,1-2H3;;/q2*-1;;/i;2D3;;. The van der Waals surface area contributed by atoms with Gasteiger partial charge in [-0.25, -0.2) is 23.7 Å². The van der Waals surface area contributed by atoms with Gasteiger partial charge >= 0.3 is 0 Å². The van der Waals surface area contributed by atoms with Crippen LogP contribution in [0.5, 0.6) is 0 Å². The molecule has 0 radical (unpaired) electrons. The average Bonchev–Trinajstić information content (AvgIpc) is 1.53. The van der Waals surface area contributed by atoms with Gasteiger partial charge in [-0.3, -0.25) is 0 Å². The molecule has 0 bridgehead atoms. The van der Waals surface area contributed by atoms with E-state index in [1.165, 1.54) is 54.5 Å². The first-order valence-corrected chi connectivity index (χ1v) is 39.0. The third-order valence-corrected chi connectivity index (χ3v) is 23.9. The Bertz CT molecular complexity index is 7550. The van der Waals surface area contributed by atoms with E-state index < -0.39 is 17.8 Å². The molecular weight excluding hydrogens is 1790 g/mol. The molecule has 0 spiro atoms. The summed E-state index contributed by atoms with van der Waals surface area (Å²) in [5.41, 5.74) is 29.5. The molecule has 8 nitrogen and oxygen atoms in total. The molecule has 21 aromatic rings. The van der Waals surface area contributed by atoms with E-state index in [1.54, 1.807) is 6.33 Å². The predicted octanol–water partition coefficient (Wildman–Crippen LogP) is 24.8. The zero-order valence-electron chi connectivity index (χ0n) is 66.6. The van der Waals surface area contributed by atoms with Crippen LogP contribution >= 0.6 is 0 Å². The molecule has 0 saturated carbocycles. The summed E-state index contributed by atoms with van der Waals surface area (Å²) in [4.78, 5) is 10.0. The fourth-order valence-electron chi connectivity index (χ4n) is 18.9. The number of hydrogen-bond donors (Lipinski definition) is 0. The van der Waals surface area contributed by atoms with Crippen LogP contribution in [0, 0.1) is 38.1 Å². The average molecular weight is 1860 g/mol. The Morgan fingerprint density at radius 3 is 1.10 bits per heavy atom. The molecule has 562 valence electrons. The summed E-state index contributed by atoms with van der Waals surface area (Å²) in [6, 6.07) is 142. The quantitative estimate of drug-likeness (QED) is 0.121. The normalized spacial score (nSPS) is 13.2. The Kier molecular flexibility index (Phi) is 17.2. The van der Waals surface area contributed by atoms with Crippen molar-refractivity contribution in [2.45, 2.75) is 24.7 Å². The maximum Gasteiger partial charge on any atom is 0.188 e. The molecule has 6 heterocycles. The first kappa shape index (κ1) is 69.1. The van der Waals surface area contributed by atoms with Crippen LogP contribution in [0.15, 0.2) is 383 Å². The summed E-state index contributed by atoms with van der Waals surface area (Å²) >= 11 is 0. The zero-order chi connectivity index (χ0) is 79.0. The van der Waals surface area contributed by atoms with Crippen molar-refractivity contribution in [1.82, 2.24) is 37.4 Å². The van der Waals surface area contributed by atoms with Crippen molar-refractivity contribution in [3.8, 4) is 73.2 Å². The van der Waals surface area contributed by atoms with Crippen molar-refractivity contribution < 1.29 is 46.2 Å². The van der Waals surface area contributed by atoms with Crippen LogP contribution < -0.4 is 0 Å². The fourth-order valence-corrected chi connectivity index (χ4v) is 18.9. The Balaban J connectivity index is 0.000000151. The molecule has 2 aliphatic carbocycles. The number of hydrogen-bond acceptors (Lipinski definition) is 2. The number of rotatable bonds is 11. The number of imidazole rings is 2. The number of pyridine rings is 2. The van der Waals surface area contributed by atoms with Crippen molar-refractivity contribution in [1.29, 1.82) is 0 Å². The minimum Gasteiger partial charge on any atom is -0.319 e. The largest absolute Gasteiger partial charge is 0.319 e. The molecule has 0 amide bonds. The number of fused-ring (bicyclic) bond motifs is 14. The molecule has 0 N–H and O–H groups in total. The van der Waals surface area contributed by atoms with E-state index in [9.17, 15) is 0 Å². The van der Waals surface area contributed by atoms with E-state index in [-0.39, 0.29) is 42.1 Å². The van der Waals surface area contributed by atoms with E-state index in [0.717, 1.165) is 139 Å². The third kappa shape index (κ3) is 11.3. The van der Waals surface area contributed by atoms with Crippen LogP contribution in [0.2, 0.25) is 0 Å². The van der Waals surface area contributed by atoms with Crippen LogP contribution in [0.3, 0.4) is 0 Å². The number of aryl methyl sites for hydroxylation is 3. The van der Waals surface area contributed by atoms with Gasteiger partial charge in [-0.15, -0.1) is 51.2 Å². The van der Waals surface area contributed by atoms with E-state index >= 15 is 0 Å². The van der Waals surface area contributed by atoms with Crippen molar-refractivity contribution in [3.05, 3.63) is 463 Å². The Morgan fingerprint density at radius 1 is 0.299 bits per heavy atom. The summed E-state index contributed by atoms with van der Waals surface area (Å²) < 4.78 is 37.3. The second-order valence-electron chi connectivity index (χ2n) is 30.0. The van der Waals surface area contributed by atoms with Crippen LogP contribution in [0.1, 0.15) is 59.7 Å². The summed E-state index contributed by atoms with van der Waals surface area (Å²) in [5, 5.41) is 4.51. The van der Waals surface area contributed by atoms with Crippen molar-refractivity contribution >= 4 is 65.7 Å². The van der Waals surface area contributed by atoms with Crippen LogP contribution in [0.4, 0.5) is 0 Å². The van der Waals surface area contributed by atoms with Gasteiger partial charge in [-0.2, -0.15) is 65.2 Å². The number of para-hydroxylation sites is 7. The predicted molar refractivity (Wildman–Crippen MR) is 468 cm³/mol. The van der Waals surface area contributed by atoms with Gasteiger partial charge in [0.25, 0.3) is 0 Å². The summed E-state index contributed by atoms with van der Waals surface area (Å²) in [6.07, 6.45) is 7.69. The minimum absolute atomic E-state index is 0. The van der Waals surface area contributed by atoms with Gasteiger partial charge < -0.3 is 9.13 Å². The molecule has 0 unspecified atom stereocenters. The Hall–Kier alpha value is -13.5. The number of nitrogens with zero attached hydrogens (tertiary/aromatic N) is 8. The molecule has 0 saturated heterocycles. The van der Waals surface area contributed by atoms with Crippen molar-refractivity contribution in [3.63, 3.8) is 0 Å². The third-order valence-electron chi connectivity index (χ3n) is 23.9. The number of benzene rings is 15. The molecule has 23 rings (SSSR count). The molecule has 6 aromatic heterocycles. The Labute approximate surface area is 711 Å². The zero-order valence-corrected chi connectivity index (χ0v) is 68.1. The Morgan fingerprint density at radius 2 is 0.658 bits per heavy atom. The van der Waals surface area contributed by atoms with Crippen LogP contribution in [0.25, 0.3) is 139 Å². The van der Waals surface area contributed by atoms with Gasteiger partial charge in [-0.1, -0.05) is 229 Å². The molecule has 0 atom stereocenters. The second kappa shape index (κ2) is 29.1. The molecule has 2 aliphatic rings. The van der Waals surface area contributed by atoms with Gasteiger partial charge in [0.15, 0.2) is 34.7 Å². The van der Waals surface area contributed by atoms with Crippen LogP contribution in [-0.4, -0.2) is 37.4 Å². The maximum absolute atomic E-state index is 8.33. The molecular formula is C107H72N8Pt2-2. The topological polar surface area (TPSA) is 55.4 Å². The van der Waals surface area contributed by atoms with Gasteiger partial charge in [-0.05, 0) is 163 Å². The summed E-state index contributed by atoms with van der Waals surface area (Å²) in [6.45, 7) is 1.95. The monoisotopic (exact) mass is 1860 g/mol. The SMILES string of the molecule is Cc1ccccc1-c1ccnc(-n2c3[c-]c(C4(c5[c-]c(-n6[cH+]n(-c7ccccc7)c7ccccc76)ccc5)c5ccccc5-c5ccccc54)ccc3c3ccccc32)c1.[2H]C([2H])([2H])n1[cH+]n(-c2[c-]c(C3(c4[c-]c5c(cc4)c4ccccc4n5-c4cc(-c5ccccc5C)ccn4)c4ccccc4-c4ccccc43)ccc2)c2ccccc21.[Pt].[Pt]. The maximum atomic E-state index is 8.33. The van der Waals surface area contributed by atoms with Gasteiger partial charge in [0.1, 0.15) is 17.3 Å². The fraction of sp³-hybridized carbons (Fsp3) is 0.0467. The van der Waals surface area contributed by atoms with Crippen LogP contribution in [-0.2, 0) is 59.9 Å².